The molecule has 2 aromatic rings. The first-order valence-electron chi connectivity index (χ1n) is 6.92. The summed E-state index contributed by atoms with van der Waals surface area (Å²) in [6, 6.07) is 10.6. The van der Waals surface area contributed by atoms with E-state index in [1.54, 1.807) is 24.3 Å². The van der Waals surface area contributed by atoms with Gasteiger partial charge >= 0.3 is 0 Å². The van der Waals surface area contributed by atoms with Crippen LogP contribution in [0.4, 0.5) is 5.69 Å². The molecule has 0 aromatic heterocycles. The molecule has 0 spiro atoms. The minimum absolute atomic E-state index is 0.0927. The first kappa shape index (κ1) is 16.9. The molecule has 0 radical (unpaired) electrons. The standard InChI is InChI=1S/C16H15N3O5/c1-24-14-4-2-3-11(7-14)8-16(21)18-17-10-12-9-13(19(22)23)5-6-15(12)20/h2-7,9-10,20H,8H2,1H3,(H,18,21). The van der Waals surface area contributed by atoms with Gasteiger partial charge in [0.2, 0.25) is 5.91 Å². The monoisotopic (exact) mass is 329 g/mol. The van der Waals surface area contributed by atoms with E-state index in [0.29, 0.717) is 5.75 Å². The van der Waals surface area contributed by atoms with Gasteiger partial charge in [0.05, 0.1) is 24.7 Å². The maximum atomic E-state index is 11.8. The Bertz CT molecular complexity index is 789. The number of non-ortho nitro benzene ring substituents is 1. The summed E-state index contributed by atoms with van der Waals surface area (Å²) in [5.74, 6) is 0.0983. The topological polar surface area (TPSA) is 114 Å². The van der Waals surface area contributed by atoms with Gasteiger partial charge in [0.25, 0.3) is 5.69 Å². The van der Waals surface area contributed by atoms with Crippen LogP contribution in [-0.2, 0) is 11.2 Å². The fourth-order valence-electron chi connectivity index (χ4n) is 1.94. The van der Waals surface area contributed by atoms with Gasteiger partial charge in [-0.2, -0.15) is 5.10 Å². The molecule has 0 aliphatic rings. The largest absolute Gasteiger partial charge is 0.507 e. The lowest BCUT2D eigenvalue weighted by Gasteiger charge is -2.03. The van der Waals surface area contributed by atoms with Gasteiger partial charge in [0.1, 0.15) is 11.5 Å². The van der Waals surface area contributed by atoms with Crippen LogP contribution in [0.3, 0.4) is 0 Å². The molecule has 0 aliphatic heterocycles. The second-order valence-electron chi connectivity index (χ2n) is 4.82. The van der Waals surface area contributed by atoms with Crippen molar-refractivity contribution in [3.63, 3.8) is 0 Å². The number of hydrazone groups is 1. The van der Waals surface area contributed by atoms with E-state index in [1.807, 2.05) is 0 Å². The van der Waals surface area contributed by atoms with E-state index in [2.05, 4.69) is 10.5 Å². The van der Waals surface area contributed by atoms with Crippen molar-refractivity contribution in [2.75, 3.05) is 7.11 Å². The van der Waals surface area contributed by atoms with Crippen LogP contribution >= 0.6 is 0 Å². The first-order chi connectivity index (χ1) is 11.5. The number of phenolic OH excluding ortho intramolecular Hbond substituents is 1. The van der Waals surface area contributed by atoms with Gasteiger partial charge in [-0.3, -0.25) is 14.9 Å². The highest BCUT2D eigenvalue weighted by Crippen LogP contribution is 2.21. The number of hydrogen-bond donors (Lipinski definition) is 2. The molecule has 0 fully saturated rings. The van der Waals surface area contributed by atoms with E-state index >= 15 is 0 Å². The molecule has 2 aromatic carbocycles. The zero-order valence-corrected chi connectivity index (χ0v) is 12.8. The summed E-state index contributed by atoms with van der Waals surface area (Å²) >= 11 is 0. The van der Waals surface area contributed by atoms with E-state index in [1.165, 1.54) is 19.2 Å². The lowest BCUT2D eigenvalue weighted by atomic mass is 10.1. The van der Waals surface area contributed by atoms with Crippen LogP contribution in [0.15, 0.2) is 47.6 Å². The van der Waals surface area contributed by atoms with Crippen LogP contribution in [0.5, 0.6) is 11.5 Å². The molecule has 0 unspecified atom stereocenters. The van der Waals surface area contributed by atoms with Crippen molar-refractivity contribution < 1.29 is 19.6 Å². The highest BCUT2D eigenvalue weighted by molar-refractivity contribution is 5.86. The molecule has 8 heteroatoms. The molecule has 0 aliphatic carbocycles. The van der Waals surface area contributed by atoms with Gasteiger partial charge in [0.15, 0.2) is 0 Å². The third-order valence-electron chi connectivity index (χ3n) is 3.11. The Morgan fingerprint density at radius 3 is 2.88 bits per heavy atom. The zero-order chi connectivity index (χ0) is 17.5. The second-order valence-corrected chi connectivity index (χ2v) is 4.82. The Hall–Kier alpha value is -3.42. The quantitative estimate of drug-likeness (QED) is 0.478. The molecular weight excluding hydrogens is 314 g/mol. The molecular formula is C16H15N3O5. The number of nitrogens with one attached hydrogen (secondary N) is 1. The maximum Gasteiger partial charge on any atom is 0.270 e. The Morgan fingerprint density at radius 1 is 1.38 bits per heavy atom. The molecule has 0 atom stereocenters. The third-order valence-corrected chi connectivity index (χ3v) is 3.11. The van der Waals surface area contributed by atoms with Crippen molar-refractivity contribution in [2.45, 2.75) is 6.42 Å². The Morgan fingerprint density at radius 2 is 2.17 bits per heavy atom. The van der Waals surface area contributed by atoms with E-state index in [4.69, 9.17) is 4.74 Å². The number of carbonyl (C=O) groups excluding carboxylic acids is 1. The predicted molar refractivity (Wildman–Crippen MR) is 87.2 cm³/mol. The average molecular weight is 329 g/mol. The van der Waals surface area contributed by atoms with Gasteiger partial charge in [-0.05, 0) is 23.8 Å². The normalized spacial score (nSPS) is 10.5. The molecule has 2 rings (SSSR count). The van der Waals surface area contributed by atoms with E-state index < -0.39 is 4.92 Å². The Kier molecular flexibility index (Phi) is 5.45. The number of ether oxygens (including phenoxy) is 1. The van der Waals surface area contributed by atoms with Crippen molar-refractivity contribution in [3.05, 3.63) is 63.7 Å². The van der Waals surface area contributed by atoms with Crippen LogP contribution in [0.2, 0.25) is 0 Å². The molecule has 0 bridgehead atoms. The summed E-state index contributed by atoms with van der Waals surface area (Å²) < 4.78 is 5.07. The number of carbonyl (C=O) groups is 1. The second kappa shape index (κ2) is 7.73. The lowest BCUT2D eigenvalue weighted by molar-refractivity contribution is -0.384. The van der Waals surface area contributed by atoms with Crippen LogP contribution in [0.25, 0.3) is 0 Å². The number of aromatic hydroxyl groups is 1. The molecule has 8 nitrogen and oxygen atoms in total. The highest BCUT2D eigenvalue weighted by Gasteiger charge is 2.09. The molecule has 0 heterocycles. The SMILES string of the molecule is COc1cccc(CC(=O)NN=Cc2cc([N+](=O)[O-])ccc2O)c1. The maximum absolute atomic E-state index is 11.8. The number of hydrogen-bond acceptors (Lipinski definition) is 6. The number of methoxy groups -OCH3 is 1. The lowest BCUT2D eigenvalue weighted by Crippen LogP contribution is -2.19. The number of benzene rings is 2. The zero-order valence-electron chi connectivity index (χ0n) is 12.8. The number of amides is 1. The van der Waals surface area contributed by atoms with Gasteiger partial charge in [-0.25, -0.2) is 5.43 Å². The number of nitro groups is 1. The summed E-state index contributed by atoms with van der Waals surface area (Å²) in [5.41, 5.74) is 3.00. The van der Waals surface area contributed by atoms with Crippen LogP contribution in [-0.4, -0.2) is 29.3 Å². The number of nitro benzene ring substituents is 1. The molecule has 124 valence electrons. The molecule has 0 saturated heterocycles. The molecule has 2 N–H and O–H groups in total. The van der Waals surface area contributed by atoms with Crippen LogP contribution < -0.4 is 10.2 Å². The van der Waals surface area contributed by atoms with Gasteiger partial charge < -0.3 is 9.84 Å². The smallest absolute Gasteiger partial charge is 0.270 e. The van der Waals surface area contributed by atoms with Crippen molar-refractivity contribution >= 4 is 17.8 Å². The van der Waals surface area contributed by atoms with Crippen LogP contribution in [0, 0.1) is 10.1 Å². The molecule has 0 saturated carbocycles. The average Bonchev–Trinajstić information content (AvgIpc) is 2.56. The fourth-order valence-corrected chi connectivity index (χ4v) is 1.94. The predicted octanol–water partition coefficient (Wildman–Crippen LogP) is 2.00. The summed E-state index contributed by atoms with van der Waals surface area (Å²) in [6.45, 7) is 0. The number of phenols is 1. The molecule has 1 amide bonds. The summed E-state index contributed by atoms with van der Waals surface area (Å²) in [5, 5.41) is 24.0. The Balaban J connectivity index is 1.99. The summed E-state index contributed by atoms with van der Waals surface area (Å²) in [4.78, 5) is 21.9. The first-order valence-corrected chi connectivity index (χ1v) is 6.92. The van der Waals surface area contributed by atoms with E-state index in [9.17, 15) is 20.0 Å². The summed E-state index contributed by atoms with van der Waals surface area (Å²) in [7, 11) is 1.54. The van der Waals surface area contributed by atoms with Gasteiger partial charge in [-0.15, -0.1) is 0 Å². The van der Waals surface area contributed by atoms with Gasteiger partial charge in [-0.1, -0.05) is 12.1 Å². The summed E-state index contributed by atoms with van der Waals surface area (Å²) in [6.07, 6.45) is 1.24. The van der Waals surface area contributed by atoms with Crippen molar-refractivity contribution in [3.8, 4) is 11.5 Å². The number of nitrogens with zero attached hydrogens (tertiary/aromatic N) is 2. The molecule has 24 heavy (non-hydrogen) atoms. The van der Waals surface area contributed by atoms with E-state index in [0.717, 1.165) is 17.8 Å². The Labute approximate surface area is 137 Å². The number of rotatable bonds is 6. The van der Waals surface area contributed by atoms with Crippen molar-refractivity contribution in [1.82, 2.24) is 5.43 Å². The fraction of sp³-hybridized carbons (Fsp3) is 0.125. The minimum Gasteiger partial charge on any atom is -0.507 e. The highest BCUT2D eigenvalue weighted by atomic mass is 16.6. The van der Waals surface area contributed by atoms with E-state index in [-0.39, 0.29) is 29.3 Å². The van der Waals surface area contributed by atoms with Crippen molar-refractivity contribution in [1.29, 1.82) is 0 Å². The van der Waals surface area contributed by atoms with Crippen molar-refractivity contribution in [2.24, 2.45) is 5.10 Å². The minimum atomic E-state index is -0.585. The van der Waals surface area contributed by atoms with Gasteiger partial charge in [0, 0.05) is 17.7 Å². The van der Waals surface area contributed by atoms with Crippen LogP contribution in [0.1, 0.15) is 11.1 Å². The third kappa shape index (κ3) is 4.54.